The Labute approximate surface area is 207 Å². The highest BCUT2D eigenvalue weighted by atomic mass is 35.5. The minimum atomic E-state index is -0.411. The number of nitrogens with one attached hydrogen (secondary N) is 1. The number of benzene rings is 3. The number of nitrogens with zero attached hydrogens (tertiary/aromatic N) is 1. The van der Waals surface area contributed by atoms with Gasteiger partial charge in [-0.2, -0.15) is 0 Å². The highest BCUT2D eigenvalue weighted by Crippen LogP contribution is 2.36. The Hall–Kier alpha value is -3.97. The van der Waals surface area contributed by atoms with Crippen LogP contribution >= 0.6 is 11.6 Å². The lowest BCUT2D eigenvalue weighted by Crippen LogP contribution is -2.44. The van der Waals surface area contributed by atoms with E-state index in [4.69, 9.17) is 25.8 Å². The second-order valence-electron chi connectivity index (χ2n) is 8.22. The Morgan fingerprint density at radius 2 is 1.83 bits per heavy atom. The molecule has 0 radical (unpaired) electrons. The van der Waals surface area contributed by atoms with Gasteiger partial charge in [-0.05, 0) is 60.5 Å². The maximum absolute atomic E-state index is 13.3. The summed E-state index contributed by atoms with van der Waals surface area (Å²) in [6.45, 7) is 2.71. The molecule has 1 N–H and O–H groups in total. The molecule has 8 heteroatoms. The van der Waals surface area contributed by atoms with Gasteiger partial charge in [0.25, 0.3) is 5.91 Å². The summed E-state index contributed by atoms with van der Waals surface area (Å²) in [4.78, 5) is 27.7. The number of hydrogen-bond donors (Lipinski definition) is 1. The van der Waals surface area contributed by atoms with Crippen LogP contribution in [-0.4, -0.2) is 31.6 Å². The zero-order valence-corrected chi connectivity index (χ0v) is 19.7. The summed E-state index contributed by atoms with van der Waals surface area (Å²) in [5.41, 5.74) is 2.12. The van der Waals surface area contributed by atoms with Crippen molar-refractivity contribution in [3.8, 4) is 17.2 Å². The Morgan fingerprint density at radius 3 is 2.66 bits per heavy atom. The maximum Gasteiger partial charge on any atom is 0.294 e. The van der Waals surface area contributed by atoms with E-state index >= 15 is 0 Å². The summed E-state index contributed by atoms with van der Waals surface area (Å²) in [6.07, 6.45) is 1.62. The van der Waals surface area contributed by atoms with Crippen LogP contribution in [0.2, 0.25) is 5.02 Å². The van der Waals surface area contributed by atoms with Crippen LogP contribution in [0.15, 0.2) is 72.5 Å². The van der Waals surface area contributed by atoms with Crippen molar-refractivity contribution in [3.05, 3.63) is 88.6 Å². The van der Waals surface area contributed by atoms with Crippen LogP contribution in [0.5, 0.6) is 17.2 Å². The number of para-hydroxylation sites is 2. The molecule has 2 aliphatic rings. The highest BCUT2D eigenvalue weighted by Gasteiger charge is 2.32. The van der Waals surface area contributed by atoms with Gasteiger partial charge >= 0.3 is 0 Å². The number of amides is 2. The first-order valence-electron chi connectivity index (χ1n) is 11.2. The van der Waals surface area contributed by atoms with E-state index < -0.39 is 5.91 Å². The highest BCUT2D eigenvalue weighted by molar-refractivity contribution is 6.30. The van der Waals surface area contributed by atoms with Crippen LogP contribution in [-0.2, 0) is 9.59 Å². The largest absolute Gasteiger partial charge is 0.486 e. The van der Waals surface area contributed by atoms with Crippen LogP contribution < -0.4 is 24.4 Å². The van der Waals surface area contributed by atoms with Gasteiger partial charge in [0.05, 0.1) is 11.7 Å². The van der Waals surface area contributed by atoms with E-state index in [2.05, 4.69) is 5.32 Å². The topological polar surface area (TPSA) is 77.1 Å². The summed E-state index contributed by atoms with van der Waals surface area (Å²) in [5, 5.41) is 3.52. The van der Waals surface area contributed by atoms with Crippen molar-refractivity contribution in [3.63, 3.8) is 0 Å². The summed E-state index contributed by atoms with van der Waals surface area (Å²) in [7, 11) is 0. The summed E-state index contributed by atoms with van der Waals surface area (Å²) in [6, 6.07) is 19.5. The smallest absolute Gasteiger partial charge is 0.294 e. The zero-order chi connectivity index (χ0) is 24.4. The molecule has 178 valence electrons. The fourth-order valence-corrected chi connectivity index (χ4v) is 4.21. The first kappa shape index (κ1) is 22.8. The molecular weight excluding hydrogens is 468 g/mol. The number of carbonyl (C=O) groups excluding carboxylic acids is 2. The minimum absolute atomic E-state index is 0.110. The SMILES string of the molecule is CC(NC(=O)CN1C(=O)/C(=C\c2cccc(Cl)c2)Oc2ccccc21)c1ccc2c(c1)OCCO2. The average molecular weight is 491 g/mol. The third-order valence-corrected chi connectivity index (χ3v) is 5.96. The molecule has 2 heterocycles. The second-order valence-corrected chi connectivity index (χ2v) is 8.65. The number of hydrogen-bond acceptors (Lipinski definition) is 5. The number of rotatable bonds is 5. The zero-order valence-electron chi connectivity index (χ0n) is 19.0. The lowest BCUT2D eigenvalue weighted by Gasteiger charge is -2.30. The lowest BCUT2D eigenvalue weighted by atomic mass is 10.1. The first-order chi connectivity index (χ1) is 17.0. The number of fused-ring (bicyclic) bond motifs is 2. The molecule has 3 aromatic carbocycles. The predicted octanol–water partition coefficient (Wildman–Crippen LogP) is 4.76. The molecule has 35 heavy (non-hydrogen) atoms. The molecule has 0 aliphatic carbocycles. The third-order valence-electron chi connectivity index (χ3n) is 5.72. The molecule has 5 rings (SSSR count). The fraction of sp³-hybridized carbons (Fsp3) is 0.185. The first-order valence-corrected chi connectivity index (χ1v) is 11.6. The number of anilines is 1. The average Bonchev–Trinajstić information content (AvgIpc) is 2.86. The van der Waals surface area contributed by atoms with Gasteiger partial charge in [-0.1, -0.05) is 41.9 Å². The van der Waals surface area contributed by atoms with Crippen molar-refractivity contribution in [2.45, 2.75) is 13.0 Å². The van der Waals surface area contributed by atoms with Crippen LogP contribution in [0.1, 0.15) is 24.1 Å². The minimum Gasteiger partial charge on any atom is -0.486 e. The van der Waals surface area contributed by atoms with E-state index in [1.54, 1.807) is 42.5 Å². The standard InChI is InChI=1S/C27H23ClN2O5/c1-17(19-9-10-23-24(15-19)34-12-11-33-23)29-26(31)16-30-21-7-2-3-8-22(21)35-25(27(30)32)14-18-5-4-6-20(28)13-18/h2-10,13-15,17H,11-12,16H2,1H3,(H,29,31)/b25-14+. The molecule has 2 amide bonds. The Bertz CT molecular complexity index is 1320. The van der Waals surface area contributed by atoms with Gasteiger partial charge in [-0.3, -0.25) is 14.5 Å². The number of halogens is 1. The van der Waals surface area contributed by atoms with Gasteiger partial charge in [0.1, 0.15) is 19.8 Å². The van der Waals surface area contributed by atoms with Crippen molar-refractivity contribution in [2.75, 3.05) is 24.7 Å². The van der Waals surface area contributed by atoms with Gasteiger partial charge in [0.15, 0.2) is 23.0 Å². The van der Waals surface area contributed by atoms with Gasteiger partial charge in [-0.25, -0.2) is 0 Å². The molecule has 0 aromatic heterocycles. The molecule has 0 fully saturated rings. The molecule has 1 atom stereocenters. The van der Waals surface area contributed by atoms with Crippen LogP contribution in [0, 0.1) is 0 Å². The summed E-state index contributed by atoms with van der Waals surface area (Å²) < 4.78 is 17.1. The maximum atomic E-state index is 13.3. The summed E-state index contributed by atoms with van der Waals surface area (Å²) in [5.74, 6) is 1.23. The molecule has 0 bridgehead atoms. The molecule has 0 spiro atoms. The van der Waals surface area contributed by atoms with Gasteiger partial charge in [-0.15, -0.1) is 0 Å². The monoisotopic (exact) mass is 490 g/mol. The van der Waals surface area contributed by atoms with Crippen LogP contribution in [0.25, 0.3) is 6.08 Å². The quantitative estimate of drug-likeness (QED) is 0.522. The van der Waals surface area contributed by atoms with Crippen molar-refractivity contribution in [1.82, 2.24) is 5.32 Å². The molecule has 7 nitrogen and oxygen atoms in total. The van der Waals surface area contributed by atoms with Gasteiger partial charge < -0.3 is 19.5 Å². The van der Waals surface area contributed by atoms with E-state index in [9.17, 15) is 9.59 Å². The molecule has 0 saturated heterocycles. The van der Waals surface area contributed by atoms with Crippen molar-refractivity contribution in [1.29, 1.82) is 0 Å². The summed E-state index contributed by atoms with van der Waals surface area (Å²) >= 11 is 6.08. The third kappa shape index (κ3) is 4.95. The van der Waals surface area contributed by atoms with Crippen molar-refractivity contribution >= 4 is 35.2 Å². The van der Waals surface area contributed by atoms with E-state index in [0.717, 1.165) is 11.1 Å². The molecule has 2 aliphatic heterocycles. The van der Waals surface area contributed by atoms with Crippen LogP contribution in [0.4, 0.5) is 5.69 Å². The molecular formula is C27H23ClN2O5. The van der Waals surface area contributed by atoms with Crippen molar-refractivity contribution < 1.29 is 23.8 Å². The molecule has 1 unspecified atom stereocenters. The van der Waals surface area contributed by atoms with Crippen molar-refractivity contribution in [2.24, 2.45) is 0 Å². The van der Waals surface area contributed by atoms with Gasteiger partial charge in [0.2, 0.25) is 5.91 Å². The Morgan fingerprint density at radius 1 is 1.03 bits per heavy atom. The molecule has 0 saturated carbocycles. The predicted molar refractivity (Wildman–Crippen MR) is 133 cm³/mol. The van der Waals surface area contributed by atoms with Crippen LogP contribution in [0.3, 0.4) is 0 Å². The number of carbonyl (C=O) groups is 2. The van der Waals surface area contributed by atoms with E-state index in [1.807, 2.05) is 37.3 Å². The van der Waals surface area contributed by atoms with E-state index in [-0.39, 0.29) is 24.3 Å². The number of ether oxygens (including phenoxy) is 3. The molecule has 3 aromatic rings. The lowest BCUT2D eigenvalue weighted by molar-refractivity contribution is -0.123. The van der Waals surface area contributed by atoms with Gasteiger partial charge in [0, 0.05) is 5.02 Å². The fourth-order valence-electron chi connectivity index (χ4n) is 4.01. The Balaban J connectivity index is 1.35. The Kier molecular flexibility index (Phi) is 6.33. The van der Waals surface area contributed by atoms with E-state index in [1.165, 1.54) is 4.90 Å². The van der Waals surface area contributed by atoms with E-state index in [0.29, 0.717) is 41.2 Å². The normalized spacial score (nSPS) is 16.3. The second kappa shape index (κ2) is 9.72.